The van der Waals surface area contributed by atoms with E-state index < -0.39 is 0 Å². The van der Waals surface area contributed by atoms with Crippen molar-refractivity contribution in [2.45, 2.75) is 57.7 Å². The highest BCUT2D eigenvalue weighted by Gasteiger charge is 2.36. The van der Waals surface area contributed by atoms with Crippen molar-refractivity contribution in [1.82, 2.24) is 24.4 Å². The lowest BCUT2D eigenvalue weighted by Gasteiger charge is -2.41. The highest BCUT2D eigenvalue weighted by Crippen LogP contribution is 2.30. The molecule has 0 bridgehead atoms. The van der Waals surface area contributed by atoms with Gasteiger partial charge in [0.2, 0.25) is 0 Å². The van der Waals surface area contributed by atoms with Gasteiger partial charge in [-0.05, 0) is 45.6 Å². The summed E-state index contributed by atoms with van der Waals surface area (Å²) in [4.78, 5) is 22.0. The molecule has 4 heterocycles. The van der Waals surface area contributed by atoms with E-state index >= 15 is 0 Å². The SMILES string of the molecule is C[C@@H]1CC[C@H](C)N1[C@@H]1CCCN(C(=O)c2cnn3cccnc23)C1. The molecule has 0 spiro atoms. The van der Waals surface area contributed by atoms with Gasteiger partial charge in [-0.1, -0.05) is 0 Å². The van der Waals surface area contributed by atoms with Gasteiger partial charge in [-0.15, -0.1) is 0 Å². The summed E-state index contributed by atoms with van der Waals surface area (Å²) in [5.74, 6) is 0.0629. The van der Waals surface area contributed by atoms with Crippen LogP contribution in [0.25, 0.3) is 5.65 Å². The zero-order valence-electron chi connectivity index (χ0n) is 14.4. The van der Waals surface area contributed by atoms with Crippen LogP contribution in [0.5, 0.6) is 0 Å². The summed E-state index contributed by atoms with van der Waals surface area (Å²) in [6, 6.07) is 3.55. The van der Waals surface area contributed by atoms with E-state index in [9.17, 15) is 4.79 Å². The van der Waals surface area contributed by atoms with E-state index in [-0.39, 0.29) is 5.91 Å². The number of piperidine rings is 1. The first-order valence-electron chi connectivity index (χ1n) is 9.00. The Balaban J connectivity index is 1.54. The monoisotopic (exact) mass is 327 g/mol. The fourth-order valence-corrected chi connectivity index (χ4v) is 4.47. The van der Waals surface area contributed by atoms with Crippen molar-refractivity contribution in [3.05, 3.63) is 30.2 Å². The third kappa shape index (κ3) is 2.59. The Morgan fingerprint density at radius 2 is 2.00 bits per heavy atom. The van der Waals surface area contributed by atoms with Crippen molar-refractivity contribution in [2.24, 2.45) is 0 Å². The summed E-state index contributed by atoms with van der Waals surface area (Å²) < 4.78 is 1.67. The van der Waals surface area contributed by atoms with Gasteiger partial charge in [0.25, 0.3) is 5.91 Å². The van der Waals surface area contributed by atoms with Gasteiger partial charge < -0.3 is 4.90 Å². The number of likely N-dealkylation sites (tertiary alicyclic amines) is 2. The van der Waals surface area contributed by atoms with E-state index in [1.165, 1.54) is 19.3 Å². The molecule has 0 saturated carbocycles. The van der Waals surface area contributed by atoms with Crippen LogP contribution in [0.3, 0.4) is 0 Å². The van der Waals surface area contributed by atoms with E-state index in [1.807, 2.05) is 17.2 Å². The number of aromatic nitrogens is 3. The topological polar surface area (TPSA) is 53.7 Å². The van der Waals surface area contributed by atoms with E-state index in [1.54, 1.807) is 16.9 Å². The number of hydrogen-bond acceptors (Lipinski definition) is 4. The molecule has 2 aromatic heterocycles. The lowest BCUT2D eigenvalue weighted by atomic mass is 10.0. The number of rotatable bonds is 2. The number of fused-ring (bicyclic) bond motifs is 1. The molecule has 2 aromatic rings. The van der Waals surface area contributed by atoms with Crippen LogP contribution in [0, 0.1) is 0 Å². The van der Waals surface area contributed by atoms with Gasteiger partial charge in [0, 0.05) is 43.6 Å². The number of carbonyl (C=O) groups excluding carboxylic acids is 1. The van der Waals surface area contributed by atoms with Gasteiger partial charge in [0.15, 0.2) is 5.65 Å². The zero-order chi connectivity index (χ0) is 16.7. The van der Waals surface area contributed by atoms with Crippen LogP contribution in [0.2, 0.25) is 0 Å². The molecule has 2 aliphatic rings. The summed E-state index contributed by atoms with van der Waals surface area (Å²) >= 11 is 0. The Morgan fingerprint density at radius 1 is 1.21 bits per heavy atom. The molecule has 128 valence electrons. The Bertz CT molecular complexity index is 732. The molecule has 0 N–H and O–H groups in total. The first-order chi connectivity index (χ1) is 11.6. The Hall–Kier alpha value is -1.95. The lowest BCUT2D eigenvalue weighted by Crippen LogP contribution is -2.52. The minimum absolute atomic E-state index is 0.0629. The summed E-state index contributed by atoms with van der Waals surface area (Å²) in [6.45, 7) is 6.28. The first kappa shape index (κ1) is 15.6. The van der Waals surface area contributed by atoms with E-state index in [4.69, 9.17) is 0 Å². The average Bonchev–Trinajstić information content (AvgIpc) is 3.18. The largest absolute Gasteiger partial charge is 0.337 e. The molecule has 0 aromatic carbocycles. The maximum absolute atomic E-state index is 13.0. The molecule has 3 atom stereocenters. The molecule has 0 unspecified atom stereocenters. The summed E-state index contributed by atoms with van der Waals surface area (Å²) in [5, 5.41) is 4.25. The third-order valence-electron chi connectivity index (χ3n) is 5.64. The van der Waals surface area contributed by atoms with Crippen molar-refractivity contribution in [2.75, 3.05) is 13.1 Å². The molecular formula is C18H25N5O. The molecular weight excluding hydrogens is 302 g/mol. The highest BCUT2D eigenvalue weighted by atomic mass is 16.2. The first-order valence-corrected chi connectivity index (χ1v) is 9.00. The van der Waals surface area contributed by atoms with Crippen molar-refractivity contribution in [3.8, 4) is 0 Å². The van der Waals surface area contributed by atoms with Gasteiger partial charge in [-0.3, -0.25) is 9.69 Å². The molecule has 6 heteroatoms. The number of nitrogens with zero attached hydrogens (tertiary/aromatic N) is 5. The maximum Gasteiger partial charge on any atom is 0.259 e. The third-order valence-corrected chi connectivity index (χ3v) is 5.64. The Morgan fingerprint density at radius 3 is 2.79 bits per heavy atom. The average molecular weight is 327 g/mol. The van der Waals surface area contributed by atoms with Crippen LogP contribution in [0.15, 0.2) is 24.7 Å². The second-order valence-corrected chi connectivity index (χ2v) is 7.22. The van der Waals surface area contributed by atoms with Gasteiger partial charge in [-0.25, -0.2) is 9.50 Å². The molecule has 0 radical (unpaired) electrons. The minimum atomic E-state index is 0.0629. The maximum atomic E-state index is 13.0. The minimum Gasteiger partial charge on any atom is -0.337 e. The Kier molecular flexibility index (Phi) is 4.00. The fraction of sp³-hybridized carbons (Fsp3) is 0.611. The van der Waals surface area contributed by atoms with Crippen molar-refractivity contribution < 1.29 is 4.79 Å². The van der Waals surface area contributed by atoms with Crippen LogP contribution < -0.4 is 0 Å². The second-order valence-electron chi connectivity index (χ2n) is 7.22. The van der Waals surface area contributed by atoms with Crippen LogP contribution in [-0.2, 0) is 0 Å². The van der Waals surface area contributed by atoms with Crippen molar-refractivity contribution in [3.63, 3.8) is 0 Å². The van der Waals surface area contributed by atoms with Crippen LogP contribution in [0.4, 0.5) is 0 Å². The summed E-state index contributed by atoms with van der Waals surface area (Å²) in [7, 11) is 0. The summed E-state index contributed by atoms with van der Waals surface area (Å²) in [6.07, 6.45) is 9.97. The van der Waals surface area contributed by atoms with Crippen LogP contribution in [-0.4, -0.2) is 61.5 Å². The molecule has 1 amide bonds. The smallest absolute Gasteiger partial charge is 0.259 e. The van der Waals surface area contributed by atoms with E-state index in [0.29, 0.717) is 29.3 Å². The molecule has 2 aliphatic heterocycles. The summed E-state index contributed by atoms with van der Waals surface area (Å²) in [5.41, 5.74) is 1.26. The quantitative estimate of drug-likeness (QED) is 0.848. The van der Waals surface area contributed by atoms with Crippen LogP contribution >= 0.6 is 0 Å². The zero-order valence-corrected chi connectivity index (χ0v) is 14.4. The van der Waals surface area contributed by atoms with Gasteiger partial charge in [0.05, 0.1) is 6.20 Å². The second kappa shape index (κ2) is 6.16. The van der Waals surface area contributed by atoms with Gasteiger partial charge in [-0.2, -0.15) is 5.10 Å². The molecule has 0 aliphatic carbocycles. The van der Waals surface area contributed by atoms with Gasteiger partial charge in [0.1, 0.15) is 5.56 Å². The number of hydrogen-bond donors (Lipinski definition) is 0. The molecule has 2 saturated heterocycles. The van der Waals surface area contributed by atoms with Crippen molar-refractivity contribution in [1.29, 1.82) is 0 Å². The highest BCUT2D eigenvalue weighted by molar-refractivity contribution is 5.99. The molecule has 24 heavy (non-hydrogen) atoms. The number of amides is 1. The molecule has 2 fully saturated rings. The molecule has 4 rings (SSSR count). The molecule has 6 nitrogen and oxygen atoms in total. The number of carbonyl (C=O) groups is 1. The fourth-order valence-electron chi connectivity index (χ4n) is 4.47. The lowest BCUT2D eigenvalue weighted by molar-refractivity contribution is 0.0488. The normalized spacial score (nSPS) is 28.6. The van der Waals surface area contributed by atoms with Crippen LogP contribution in [0.1, 0.15) is 49.9 Å². The standard InChI is InChI=1S/C18H25N5O/c1-13-6-7-14(2)23(13)15-5-3-9-21(12-15)18(24)16-11-20-22-10-4-8-19-17(16)22/h4,8,10-11,13-15H,3,5-7,9,12H2,1-2H3/t13-,14+,15-/m1/s1. The van der Waals surface area contributed by atoms with E-state index in [2.05, 4.69) is 28.8 Å². The predicted octanol–water partition coefficient (Wildman–Crippen LogP) is 2.21. The Labute approximate surface area is 142 Å². The van der Waals surface area contributed by atoms with Gasteiger partial charge >= 0.3 is 0 Å². The van der Waals surface area contributed by atoms with E-state index in [0.717, 1.165) is 19.5 Å². The predicted molar refractivity (Wildman–Crippen MR) is 91.9 cm³/mol. The van der Waals surface area contributed by atoms with Crippen molar-refractivity contribution >= 4 is 11.6 Å².